The summed E-state index contributed by atoms with van der Waals surface area (Å²) in [4.78, 5) is 24.1. The molecule has 2 N–H and O–H groups in total. The van der Waals surface area contributed by atoms with Crippen LogP contribution in [-0.2, 0) is 14.6 Å². The standard InChI is InChI=1S/C12H18N2O5S/c15-11(16)2-1-9-3-5-14(7-9)12(17)13-10-4-6-20(18,19)8-10/h4,6,9-10H,1-3,5,7-8H2,(H,13,17)(H,15,16). The van der Waals surface area contributed by atoms with E-state index in [1.807, 2.05) is 0 Å². The van der Waals surface area contributed by atoms with Crippen LogP contribution >= 0.6 is 0 Å². The van der Waals surface area contributed by atoms with Crippen LogP contribution in [0.15, 0.2) is 11.5 Å². The molecular weight excluding hydrogens is 284 g/mol. The molecule has 20 heavy (non-hydrogen) atoms. The summed E-state index contributed by atoms with van der Waals surface area (Å²) in [6.07, 6.45) is 2.95. The number of carboxylic acid groups (broad SMARTS) is 1. The van der Waals surface area contributed by atoms with Crippen molar-refractivity contribution in [3.8, 4) is 0 Å². The van der Waals surface area contributed by atoms with Crippen LogP contribution in [0.25, 0.3) is 0 Å². The molecule has 2 aliphatic rings. The Kier molecular flexibility index (Phi) is 4.32. The number of hydrogen-bond acceptors (Lipinski definition) is 4. The van der Waals surface area contributed by atoms with Gasteiger partial charge in [-0.2, -0.15) is 0 Å². The van der Waals surface area contributed by atoms with Crippen molar-refractivity contribution < 1.29 is 23.1 Å². The summed E-state index contributed by atoms with van der Waals surface area (Å²) in [5.74, 6) is -0.705. The minimum Gasteiger partial charge on any atom is -0.481 e. The third-order valence-corrected chi connectivity index (χ3v) is 4.97. The molecule has 2 rings (SSSR count). The second-order valence-electron chi connectivity index (χ2n) is 5.25. The van der Waals surface area contributed by atoms with E-state index in [0.717, 1.165) is 11.8 Å². The van der Waals surface area contributed by atoms with Crippen molar-refractivity contribution in [2.45, 2.75) is 25.3 Å². The van der Waals surface area contributed by atoms with E-state index in [1.165, 1.54) is 6.08 Å². The van der Waals surface area contributed by atoms with Crippen LogP contribution < -0.4 is 5.32 Å². The number of rotatable bonds is 4. The first-order valence-corrected chi connectivity index (χ1v) is 8.25. The maximum atomic E-state index is 12.0. The average Bonchev–Trinajstić information content (AvgIpc) is 2.93. The van der Waals surface area contributed by atoms with Gasteiger partial charge in [-0.25, -0.2) is 13.2 Å². The predicted molar refractivity (Wildman–Crippen MR) is 71.8 cm³/mol. The lowest BCUT2D eigenvalue weighted by Gasteiger charge is -2.19. The summed E-state index contributed by atoms with van der Waals surface area (Å²) < 4.78 is 22.5. The van der Waals surface area contributed by atoms with Gasteiger partial charge in [0.1, 0.15) is 0 Å². The third kappa shape index (κ3) is 3.96. The Balaban J connectivity index is 1.77. The van der Waals surface area contributed by atoms with E-state index >= 15 is 0 Å². The van der Waals surface area contributed by atoms with Crippen LogP contribution in [0.3, 0.4) is 0 Å². The third-order valence-electron chi connectivity index (χ3n) is 3.58. The lowest BCUT2D eigenvalue weighted by molar-refractivity contribution is -0.137. The van der Waals surface area contributed by atoms with E-state index in [9.17, 15) is 18.0 Å². The second kappa shape index (κ2) is 5.82. The van der Waals surface area contributed by atoms with Crippen molar-refractivity contribution in [3.05, 3.63) is 11.5 Å². The number of aliphatic carboxylic acids is 1. The maximum Gasteiger partial charge on any atom is 0.317 e. The number of sulfone groups is 1. The first-order valence-electron chi connectivity index (χ1n) is 6.54. The molecule has 1 saturated heterocycles. The number of urea groups is 1. The van der Waals surface area contributed by atoms with Crippen LogP contribution in [0.1, 0.15) is 19.3 Å². The molecule has 2 aliphatic heterocycles. The number of likely N-dealkylation sites (tertiary alicyclic amines) is 1. The zero-order chi connectivity index (χ0) is 14.8. The predicted octanol–water partition coefficient (Wildman–Crippen LogP) is 0.193. The summed E-state index contributed by atoms with van der Waals surface area (Å²) >= 11 is 0. The molecule has 0 aromatic heterocycles. The quantitative estimate of drug-likeness (QED) is 0.771. The molecule has 7 nitrogen and oxygen atoms in total. The van der Waals surface area contributed by atoms with E-state index in [-0.39, 0.29) is 24.1 Å². The monoisotopic (exact) mass is 302 g/mol. The molecule has 0 radical (unpaired) electrons. The van der Waals surface area contributed by atoms with Crippen LogP contribution in [0, 0.1) is 5.92 Å². The van der Waals surface area contributed by atoms with E-state index in [4.69, 9.17) is 5.11 Å². The van der Waals surface area contributed by atoms with Gasteiger partial charge in [0.2, 0.25) is 0 Å². The molecule has 2 heterocycles. The number of amides is 2. The van der Waals surface area contributed by atoms with Gasteiger partial charge in [0.05, 0.1) is 11.8 Å². The van der Waals surface area contributed by atoms with Gasteiger partial charge < -0.3 is 15.3 Å². The lowest BCUT2D eigenvalue weighted by Crippen LogP contribution is -2.44. The number of carboxylic acids is 1. The molecule has 0 spiro atoms. The van der Waals surface area contributed by atoms with Gasteiger partial charge in [-0.15, -0.1) is 0 Å². The van der Waals surface area contributed by atoms with Crippen LogP contribution in [0.5, 0.6) is 0 Å². The molecule has 1 fully saturated rings. The Morgan fingerprint density at radius 1 is 1.40 bits per heavy atom. The molecule has 0 aromatic rings. The fraction of sp³-hybridized carbons (Fsp3) is 0.667. The van der Waals surface area contributed by atoms with Crippen LogP contribution in [0.4, 0.5) is 4.79 Å². The van der Waals surface area contributed by atoms with Crippen molar-refractivity contribution in [2.24, 2.45) is 5.92 Å². The van der Waals surface area contributed by atoms with E-state index in [1.54, 1.807) is 4.90 Å². The minimum atomic E-state index is -3.17. The molecule has 2 unspecified atom stereocenters. The molecule has 112 valence electrons. The summed E-state index contributed by atoms with van der Waals surface area (Å²) in [7, 11) is -3.17. The van der Waals surface area contributed by atoms with Gasteiger partial charge in [-0.05, 0) is 24.8 Å². The van der Waals surface area contributed by atoms with E-state index in [2.05, 4.69) is 5.32 Å². The fourth-order valence-electron chi connectivity index (χ4n) is 2.50. The number of hydrogen-bond donors (Lipinski definition) is 2. The van der Waals surface area contributed by atoms with E-state index < -0.39 is 21.8 Å². The Morgan fingerprint density at radius 3 is 2.75 bits per heavy atom. The molecule has 0 aromatic carbocycles. The highest BCUT2D eigenvalue weighted by Crippen LogP contribution is 2.21. The largest absolute Gasteiger partial charge is 0.481 e. The zero-order valence-electron chi connectivity index (χ0n) is 11.0. The first kappa shape index (κ1) is 14.8. The molecule has 2 atom stereocenters. The Hall–Kier alpha value is -1.57. The molecule has 8 heteroatoms. The number of nitrogens with one attached hydrogen (secondary N) is 1. The van der Waals surface area contributed by atoms with Crippen LogP contribution in [-0.4, -0.2) is 55.3 Å². The highest BCUT2D eigenvalue weighted by Gasteiger charge is 2.29. The molecule has 0 bridgehead atoms. The number of carbonyl (C=O) groups excluding carboxylic acids is 1. The normalized spacial score (nSPS) is 27.7. The van der Waals surface area contributed by atoms with Crippen LogP contribution in [0.2, 0.25) is 0 Å². The van der Waals surface area contributed by atoms with Gasteiger partial charge >= 0.3 is 12.0 Å². The fourth-order valence-corrected chi connectivity index (χ4v) is 3.73. The second-order valence-corrected chi connectivity index (χ2v) is 7.18. The Labute approximate surface area is 117 Å². The van der Waals surface area contributed by atoms with Crippen molar-refractivity contribution in [1.29, 1.82) is 0 Å². The Bertz CT molecular complexity index is 528. The highest BCUT2D eigenvalue weighted by atomic mass is 32.2. The maximum absolute atomic E-state index is 12.0. The van der Waals surface area contributed by atoms with Crippen molar-refractivity contribution in [2.75, 3.05) is 18.8 Å². The summed E-state index contributed by atoms with van der Waals surface area (Å²) in [6.45, 7) is 1.11. The van der Waals surface area contributed by atoms with Gasteiger partial charge in [0.15, 0.2) is 9.84 Å². The SMILES string of the molecule is O=C(O)CCC1CCN(C(=O)NC2C=CS(=O)(=O)C2)C1. The summed E-state index contributed by atoms with van der Waals surface area (Å²) in [5, 5.41) is 12.4. The molecule has 0 aliphatic carbocycles. The Morgan fingerprint density at radius 2 is 2.15 bits per heavy atom. The smallest absolute Gasteiger partial charge is 0.317 e. The average molecular weight is 302 g/mol. The molecule has 2 amide bonds. The number of carbonyl (C=O) groups is 2. The van der Waals surface area contributed by atoms with Gasteiger partial charge in [0.25, 0.3) is 0 Å². The zero-order valence-corrected chi connectivity index (χ0v) is 11.8. The van der Waals surface area contributed by atoms with Crippen molar-refractivity contribution in [1.82, 2.24) is 10.2 Å². The number of nitrogens with zero attached hydrogens (tertiary/aromatic N) is 1. The van der Waals surface area contributed by atoms with Crippen molar-refractivity contribution >= 4 is 21.8 Å². The molecular formula is C12H18N2O5S. The summed E-state index contributed by atoms with van der Waals surface area (Å²) in [5.41, 5.74) is 0. The van der Waals surface area contributed by atoms with Gasteiger partial charge in [-0.3, -0.25) is 4.79 Å². The lowest BCUT2D eigenvalue weighted by atomic mass is 10.0. The topological polar surface area (TPSA) is 104 Å². The summed E-state index contributed by atoms with van der Waals surface area (Å²) in [6, 6.07) is -0.750. The first-order chi connectivity index (χ1) is 9.35. The van der Waals surface area contributed by atoms with E-state index in [0.29, 0.717) is 19.5 Å². The van der Waals surface area contributed by atoms with Gasteiger partial charge in [-0.1, -0.05) is 0 Å². The highest BCUT2D eigenvalue weighted by molar-refractivity contribution is 7.94. The molecule has 0 saturated carbocycles. The minimum absolute atomic E-state index is 0.0883. The van der Waals surface area contributed by atoms with Crippen molar-refractivity contribution in [3.63, 3.8) is 0 Å². The van der Waals surface area contributed by atoms with Gasteiger partial charge in [0, 0.05) is 24.9 Å².